The van der Waals surface area contributed by atoms with E-state index in [-0.39, 0.29) is 5.76 Å². The molecule has 104 valence electrons. The van der Waals surface area contributed by atoms with E-state index in [1.807, 2.05) is 18.2 Å². The van der Waals surface area contributed by atoms with Gasteiger partial charge in [-0.05, 0) is 47.2 Å². The average Bonchev–Trinajstić information content (AvgIpc) is 2.69. The molecule has 0 atom stereocenters. The Morgan fingerprint density at radius 3 is 2.95 bits per heavy atom. The largest absolute Gasteiger partial charge is 0.420 e. The van der Waals surface area contributed by atoms with Crippen LogP contribution < -0.4 is 5.76 Å². The molecule has 0 bridgehead atoms. The van der Waals surface area contributed by atoms with Crippen LogP contribution in [0.15, 0.2) is 27.4 Å². The highest BCUT2D eigenvalue weighted by Gasteiger charge is 2.08. The Morgan fingerprint density at radius 2 is 2.16 bits per heavy atom. The predicted molar refractivity (Wildman–Crippen MR) is 80.5 cm³/mol. The lowest BCUT2D eigenvalue weighted by Crippen LogP contribution is -2.17. The van der Waals surface area contributed by atoms with Gasteiger partial charge in [-0.15, -0.1) is 0 Å². The minimum absolute atomic E-state index is 0.336. The maximum atomic E-state index is 11.7. The summed E-state index contributed by atoms with van der Waals surface area (Å²) < 4.78 is 18.2. The molecule has 0 radical (unpaired) electrons. The average molecular weight is 377 g/mol. The van der Waals surface area contributed by atoms with Crippen molar-refractivity contribution in [1.82, 2.24) is 4.57 Å². The van der Waals surface area contributed by atoms with Gasteiger partial charge in [0.05, 0.1) is 18.7 Å². The van der Waals surface area contributed by atoms with Gasteiger partial charge in [0, 0.05) is 23.9 Å². The maximum Gasteiger partial charge on any atom is 0.420 e. The first-order valence-corrected chi connectivity index (χ1v) is 7.16. The van der Waals surface area contributed by atoms with Gasteiger partial charge in [-0.1, -0.05) is 0 Å². The van der Waals surface area contributed by atoms with E-state index >= 15 is 0 Å². The standard InChI is InChI=1S/C13H16INO4/c1-17-6-2-7-18-8-5-15-11-4-3-10(14)9-12(11)19-13(15)16/h3-4,9H,2,5-8H2,1H3. The smallest absolute Gasteiger partial charge is 0.408 e. The molecule has 0 N–H and O–H groups in total. The van der Waals surface area contributed by atoms with E-state index in [1.54, 1.807) is 11.7 Å². The Labute approximate surface area is 124 Å². The molecule has 19 heavy (non-hydrogen) atoms. The van der Waals surface area contributed by atoms with Crippen LogP contribution in [-0.2, 0) is 16.0 Å². The molecule has 0 spiro atoms. The highest BCUT2D eigenvalue weighted by Crippen LogP contribution is 2.16. The van der Waals surface area contributed by atoms with Crippen molar-refractivity contribution in [1.29, 1.82) is 0 Å². The SMILES string of the molecule is COCCCOCCn1c(=O)oc2cc(I)ccc21. The summed E-state index contributed by atoms with van der Waals surface area (Å²) in [6.07, 6.45) is 0.857. The summed E-state index contributed by atoms with van der Waals surface area (Å²) in [4.78, 5) is 11.7. The molecule has 1 heterocycles. The van der Waals surface area contributed by atoms with Gasteiger partial charge >= 0.3 is 5.76 Å². The Morgan fingerprint density at radius 1 is 1.32 bits per heavy atom. The molecule has 2 aromatic rings. The minimum atomic E-state index is -0.336. The molecule has 0 amide bonds. The molecule has 5 nitrogen and oxygen atoms in total. The van der Waals surface area contributed by atoms with Crippen LogP contribution in [-0.4, -0.2) is 31.5 Å². The van der Waals surface area contributed by atoms with Crippen molar-refractivity contribution in [2.45, 2.75) is 13.0 Å². The van der Waals surface area contributed by atoms with Gasteiger partial charge in [0.1, 0.15) is 0 Å². The maximum absolute atomic E-state index is 11.7. The molecule has 1 aromatic heterocycles. The monoisotopic (exact) mass is 377 g/mol. The van der Waals surface area contributed by atoms with Crippen LogP contribution in [0.1, 0.15) is 6.42 Å². The van der Waals surface area contributed by atoms with Crippen molar-refractivity contribution in [3.63, 3.8) is 0 Å². The van der Waals surface area contributed by atoms with Crippen LogP contribution in [0.2, 0.25) is 0 Å². The Balaban J connectivity index is 1.97. The third kappa shape index (κ3) is 3.80. The molecular formula is C13H16INO4. The quantitative estimate of drug-likeness (QED) is 0.549. The summed E-state index contributed by atoms with van der Waals surface area (Å²) in [6.45, 7) is 2.31. The van der Waals surface area contributed by atoms with E-state index in [2.05, 4.69) is 22.6 Å². The van der Waals surface area contributed by atoms with Gasteiger partial charge in [-0.25, -0.2) is 4.79 Å². The Kier molecular flexibility index (Phi) is 5.41. The number of ether oxygens (including phenoxy) is 2. The van der Waals surface area contributed by atoms with E-state index in [1.165, 1.54) is 0 Å². The van der Waals surface area contributed by atoms with Gasteiger partial charge in [-0.2, -0.15) is 0 Å². The van der Waals surface area contributed by atoms with Crippen LogP contribution in [0.3, 0.4) is 0 Å². The fraction of sp³-hybridized carbons (Fsp3) is 0.462. The van der Waals surface area contributed by atoms with E-state index in [9.17, 15) is 4.79 Å². The second-order valence-corrected chi connectivity index (χ2v) is 5.34. The van der Waals surface area contributed by atoms with Crippen LogP contribution >= 0.6 is 22.6 Å². The number of rotatable bonds is 7. The number of benzene rings is 1. The number of oxazole rings is 1. The zero-order valence-corrected chi connectivity index (χ0v) is 12.9. The highest BCUT2D eigenvalue weighted by molar-refractivity contribution is 14.1. The van der Waals surface area contributed by atoms with Gasteiger partial charge in [-0.3, -0.25) is 4.57 Å². The number of aromatic nitrogens is 1. The molecule has 2 rings (SSSR count). The zero-order valence-electron chi connectivity index (χ0n) is 10.7. The number of hydrogen-bond donors (Lipinski definition) is 0. The normalized spacial score (nSPS) is 11.3. The lowest BCUT2D eigenvalue weighted by atomic mass is 10.3. The topological polar surface area (TPSA) is 53.6 Å². The number of fused-ring (bicyclic) bond motifs is 1. The van der Waals surface area contributed by atoms with Crippen LogP contribution in [0.25, 0.3) is 11.1 Å². The third-order valence-corrected chi connectivity index (χ3v) is 3.40. The van der Waals surface area contributed by atoms with Crippen LogP contribution in [0.4, 0.5) is 0 Å². The molecule has 0 fully saturated rings. The molecule has 0 saturated heterocycles. The predicted octanol–water partition coefficient (Wildman–Crippen LogP) is 2.25. The van der Waals surface area contributed by atoms with Gasteiger partial charge < -0.3 is 13.9 Å². The summed E-state index contributed by atoms with van der Waals surface area (Å²) in [5.41, 5.74) is 1.43. The van der Waals surface area contributed by atoms with Crippen molar-refractivity contribution in [2.24, 2.45) is 0 Å². The lowest BCUT2D eigenvalue weighted by Gasteiger charge is -2.04. The summed E-state index contributed by atoms with van der Waals surface area (Å²) in [5, 5.41) is 0. The molecule has 6 heteroatoms. The molecular weight excluding hydrogens is 361 g/mol. The van der Waals surface area contributed by atoms with E-state index in [0.29, 0.717) is 31.9 Å². The van der Waals surface area contributed by atoms with Crippen LogP contribution in [0.5, 0.6) is 0 Å². The summed E-state index contributed by atoms with van der Waals surface area (Å²) in [6, 6.07) is 5.70. The van der Waals surface area contributed by atoms with Crippen molar-refractivity contribution in [3.8, 4) is 0 Å². The van der Waals surface area contributed by atoms with Crippen LogP contribution in [0, 0.1) is 3.57 Å². The van der Waals surface area contributed by atoms with Crippen molar-refractivity contribution >= 4 is 33.7 Å². The van der Waals surface area contributed by atoms with E-state index < -0.39 is 0 Å². The minimum Gasteiger partial charge on any atom is -0.408 e. The third-order valence-electron chi connectivity index (χ3n) is 2.73. The lowest BCUT2D eigenvalue weighted by molar-refractivity contribution is 0.0972. The second-order valence-electron chi connectivity index (χ2n) is 4.09. The van der Waals surface area contributed by atoms with Crippen molar-refractivity contribution < 1.29 is 13.9 Å². The number of nitrogens with zero attached hydrogens (tertiary/aromatic N) is 1. The number of hydrogen-bond acceptors (Lipinski definition) is 4. The van der Waals surface area contributed by atoms with Gasteiger partial charge in [0.15, 0.2) is 5.58 Å². The van der Waals surface area contributed by atoms with Crippen molar-refractivity contribution in [3.05, 3.63) is 32.3 Å². The molecule has 0 aliphatic rings. The zero-order chi connectivity index (χ0) is 13.7. The second kappa shape index (κ2) is 7.06. The van der Waals surface area contributed by atoms with Gasteiger partial charge in [0.2, 0.25) is 0 Å². The molecule has 0 aliphatic heterocycles. The van der Waals surface area contributed by atoms with E-state index in [0.717, 1.165) is 15.5 Å². The Bertz CT molecular complexity index is 590. The fourth-order valence-corrected chi connectivity index (χ4v) is 2.28. The number of methoxy groups -OCH3 is 1. The van der Waals surface area contributed by atoms with E-state index in [4.69, 9.17) is 13.9 Å². The fourth-order valence-electron chi connectivity index (χ4n) is 1.82. The molecule has 0 aliphatic carbocycles. The van der Waals surface area contributed by atoms with Crippen molar-refractivity contribution in [2.75, 3.05) is 26.9 Å². The molecule has 0 unspecified atom stereocenters. The molecule has 1 aromatic carbocycles. The first-order chi connectivity index (χ1) is 9.22. The van der Waals surface area contributed by atoms with Gasteiger partial charge in [0.25, 0.3) is 0 Å². The first kappa shape index (κ1) is 14.5. The number of halogens is 1. The Hall–Kier alpha value is -0.860. The summed E-state index contributed by atoms with van der Waals surface area (Å²) in [7, 11) is 1.67. The summed E-state index contributed by atoms with van der Waals surface area (Å²) >= 11 is 2.19. The molecule has 0 saturated carbocycles. The summed E-state index contributed by atoms with van der Waals surface area (Å²) in [5.74, 6) is -0.336. The highest BCUT2D eigenvalue weighted by atomic mass is 127. The first-order valence-electron chi connectivity index (χ1n) is 6.08.